The zero-order valence-corrected chi connectivity index (χ0v) is 17.6. The van der Waals surface area contributed by atoms with Crippen molar-refractivity contribution in [2.24, 2.45) is 4.40 Å². The van der Waals surface area contributed by atoms with Crippen LogP contribution in [0.15, 0.2) is 57.8 Å². The standard InChI is InChI=1S/C21H21N3O6S/c1-29-19(25)13-30-15-10-8-14(9-11-15)22-21(26)17-6-4-12-24(17)20-16-5-2-3-7-18(16)31(27,28)23-20/h2-3,5,7-11,17H,4,6,12-13H2,1H3,(H,22,26)/t17-/m0/s1. The number of carbonyl (C=O) groups is 2. The average Bonchev–Trinajstić information content (AvgIpc) is 3.36. The molecule has 0 saturated carbocycles. The third-order valence-electron chi connectivity index (χ3n) is 5.15. The van der Waals surface area contributed by atoms with Crippen LogP contribution in [0.4, 0.5) is 5.69 Å². The van der Waals surface area contributed by atoms with Crippen LogP contribution in [0.25, 0.3) is 0 Å². The third-order valence-corrected chi connectivity index (χ3v) is 6.47. The Bertz CT molecular complexity index is 1140. The molecule has 1 atom stereocenters. The summed E-state index contributed by atoms with van der Waals surface area (Å²) in [7, 11) is -2.47. The highest BCUT2D eigenvalue weighted by Crippen LogP contribution is 2.31. The number of nitrogens with zero attached hydrogens (tertiary/aromatic N) is 2. The zero-order valence-electron chi connectivity index (χ0n) is 16.8. The van der Waals surface area contributed by atoms with Crippen LogP contribution < -0.4 is 10.1 Å². The van der Waals surface area contributed by atoms with Gasteiger partial charge in [-0.15, -0.1) is 4.40 Å². The number of rotatable bonds is 5. The topological polar surface area (TPSA) is 114 Å². The molecule has 0 bridgehead atoms. The molecule has 0 aliphatic carbocycles. The Balaban J connectivity index is 1.46. The molecule has 9 nitrogen and oxygen atoms in total. The minimum atomic E-state index is -3.75. The number of amides is 1. The van der Waals surface area contributed by atoms with Gasteiger partial charge in [0.25, 0.3) is 10.0 Å². The Hall–Kier alpha value is -3.40. The normalized spacial score (nSPS) is 18.8. The van der Waals surface area contributed by atoms with Gasteiger partial charge in [-0.1, -0.05) is 12.1 Å². The first kappa shape index (κ1) is 20.9. The number of anilines is 1. The molecule has 1 amide bonds. The van der Waals surface area contributed by atoms with Gasteiger partial charge in [0.1, 0.15) is 16.7 Å². The van der Waals surface area contributed by atoms with Gasteiger partial charge in [0.2, 0.25) is 5.91 Å². The van der Waals surface area contributed by atoms with Gasteiger partial charge in [-0.2, -0.15) is 8.42 Å². The van der Waals surface area contributed by atoms with E-state index in [9.17, 15) is 18.0 Å². The van der Waals surface area contributed by atoms with Crippen LogP contribution in [-0.2, 0) is 24.3 Å². The van der Waals surface area contributed by atoms with Crippen molar-refractivity contribution >= 4 is 33.4 Å². The lowest BCUT2D eigenvalue weighted by Gasteiger charge is -2.25. The van der Waals surface area contributed by atoms with Gasteiger partial charge in [-0.25, -0.2) is 4.79 Å². The molecule has 4 rings (SSSR count). The van der Waals surface area contributed by atoms with Gasteiger partial charge in [0, 0.05) is 17.8 Å². The van der Waals surface area contributed by atoms with Crippen molar-refractivity contribution in [3.8, 4) is 5.75 Å². The van der Waals surface area contributed by atoms with Crippen molar-refractivity contribution in [1.29, 1.82) is 0 Å². The Morgan fingerprint density at radius 1 is 1.16 bits per heavy atom. The first-order chi connectivity index (χ1) is 14.9. The maximum absolute atomic E-state index is 12.9. The predicted molar refractivity (Wildman–Crippen MR) is 112 cm³/mol. The average molecular weight is 443 g/mol. The summed E-state index contributed by atoms with van der Waals surface area (Å²) in [6.07, 6.45) is 1.34. The molecule has 2 heterocycles. The number of nitrogens with one attached hydrogen (secondary N) is 1. The highest BCUT2D eigenvalue weighted by atomic mass is 32.2. The van der Waals surface area contributed by atoms with Crippen molar-refractivity contribution in [2.75, 3.05) is 25.6 Å². The van der Waals surface area contributed by atoms with Gasteiger partial charge >= 0.3 is 5.97 Å². The number of amidine groups is 1. The molecule has 0 spiro atoms. The molecule has 1 fully saturated rings. The van der Waals surface area contributed by atoms with Crippen LogP contribution in [-0.4, -0.2) is 57.3 Å². The Kier molecular flexibility index (Phi) is 5.64. The minimum absolute atomic E-state index is 0.165. The van der Waals surface area contributed by atoms with E-state index in [1.54, 1.807) is 47.4 Å². The highest BCUT2D eigenvalue weighted by Gasteiger charge is 2.39. The second-order valence-corrected chi connectivity index (χ2v) is 8.69. The van der Waals surface area contributed by atoms with Crippen LogP contribution in [0, 0.1) is 0 Å². The number of sulfonamides is 1. The Labute approximate surface area is 179 Å². The fourth-order valence-electron chi connectivity index (χ4n) is 3.65. The molecule has 10 heteroatoms. The molecule has 2 aliphatic rings. The number of likely N-dealkylation sites (tertiary alicyclic amines) is 1. The number of hydrogen-bond acceptors (Lipinski definition) is 7. The number of ether oxygens (including phenoxy) is 2. The van der Waals surface area contributed by atoms with Crippen LogP contribution in [0.2, 0.25) is 0 Å². The van der Waals surface area contributed by atoms with Crippen LogP contribution in [0.5, 0.6) is 5.75 Å². The molecule has 2 aromatic carbocycles. The molecular weight excluding hydrogens is 422 g/mol. The molecule has 0 radical (unpaired) electrons. The van der Waals surface area contributed by atoms with Crippen molar-refractivity contribution < 1.29 is 27.5 Å². The number of fused-ring (bicyclic) bond motifs is 1. The Morgan fingerprint density at radius 3 is 2.65 bits per heavy atom. The van der Waals surface area contributed by atoms with Crippen LogP contribution in [0.3, 0.4) is 0 Å². The molecule has 1 N–H and O–H groups in total. The molecule has 2 aliphatic heterocycles. The van der Waals surface area contributed by atoms with Gasteiger partial charge in [-0.3, -0.25) is 4.79 Å². The molecular formula is C21H21N3O6S. The van der Waals surface area contributed by atoms with Gasteiger partial charge in [-0.05, 0) is 49.2 Å². The van der Waals surface area contributed by atoms with E-state index in [1.165, 1.54) is 13.2 Å². The molecule has 0 aromatic heterocycles. The predicted octanol–water partition coefficient (Wildman–Crippen LogP) is 1.79. The van der Waals surface area contributed by atoms with E-state index < -0.39 is 22.0 Å². The summed E-state index contributed by atoms with van der Waals surface area (Å²) < 4.78 is 38.5. The summed E-state index contributed by atoms with van der Waals surface area (Å²) in [6, 6.07) is 12.7. The second kappa shape index (κ2) is 8.38. The number of hydrogen-bond donors (Lipinski definition) is 1. The van der Waals surface area contributed by atoms with E-state index in [4.69, 9.17) is 4.74 Å². The highest BCUT2D eigenvalue weighted by molar-refractivity contribution is 7.90. The van der Waals surface area contributed by atoms with E-state index in [1.807, 2.05) is 0 Å². The SMILES string of the molecule is COC(=O)COc1ccc(NC(=O)[C@@H]2CCCN2C2=NS(=O)(=O)c3ccccc32)cc1. The van der Waals surface area contributed by atoms with Gasteiger partial charge in [0.05, 0.1) is 7.11 Å². The fourth-order valence-corrected chi connectivity index (χ4v) is 4.87. The Morgan fingerprint density at radius 2 is 1.90 bits per heavy atom. The summed E-state index contributed by atoms with van der Waals surface area (Å²) in [6.45, 7) is 0.340. The lowest BCUT2D eigenvalue weighted by molar-refractivity contribution is -0.142. The van der Waals surface area contributed by atoms with E-state index in [0.29, 0.717) is 35.8 Å². The minimum Gasteiger partial charge on any atom is -0.482 e. The molecule has 1 saturated heterocycles. The van der Waals surface area contributed by atoms with Crippen molar-refractivity contribution in [2.45, 2.75) is 23.8 Å². The molecule has 0 unspecified atom stereocenters. The van der Waals surface area contributed by atoms with Gasteiger partial charge in [0.15, 0.2) is 12.4 Å². The summed E-state index contributed by atoms with van der Waals surface area (Å²) >= 11 is 0. The number of carbonyl (C=O) groups excluding carboxylic acids is 2. The summed E-state index contributed by atoms with van der Waals surface area (Å²) in [5.74, 6) is 0.0511. The van der Waals surface area contributed by atoms with E-state index in [0.717, 1.165) is 6.42 Å². The van der Waals surface area contributed by atoms with Crippen molar-refractivity contribution in [3.05, 3.63) is 54.1 Å². The quantitative estimate of drug-likeness (QED) is 0.701. The number of methoxy groups -OCH3 is 1. The van der Waals surface area contributed by atoms with E-state index in [2.05, 4.69) is 14.5 Å². The smallest absolute Gasteiger partial charge is 0.343 e. The zero-order chi connectivity index (χ0) is 22.0. The van der Waals surface area contributed by atoms with Gasteiger partial charge < -0.3 is 19.7 Å². The second-order valence-electron chi connectivity index (χ2n) is 7.12. The van der Waals surface area contributed by atoms with Crippen LogP contribution in [0.1, 0.15) is 18.4 Å². The lowest BCUT2D eigenvalue weighted by atomic mass is 10.1. The van der Waals surface area contributed by atoms with E-state index in [-0.39, 0.29) is 17.4 Å². The summed E-state index contributed by atoms with van der Waals surface area (Å²) in [5.41, 5.74) is 1.08. The first-order valence-electron chi connectivity index (χ1n) is 9.70. The number of esters is 1. The monoisotopic (exact) mass is 443 g/mol. The number of benzene rings is 2. The molecule has 2 aromatic rings. The summed E-state index contributed by atoms with van der Waals surface area (Å²) in [5, 5.41) is 2.85. The first-order valence-corrected chi connectivity index (χ1v) is 11.1. The van der Waals surface area contributed by atoms with Crippen LogP contribution >= 0.6 is 0 Å². The summed E-state index contributed by atoms with van der Waals surface area (Å²) in [4.78, 5) is 26.0. The van der Waals surface area contributed by atoms with Crippen molar-refractivity contribution in [1.82, 2.24) is 4.90 Å². The fraction of sp³-hybridized carbons (Fsp3) is 0.286. The largest absolute Gasteiger partial charge is 0.482 e. The molecule has 162 valence electrons. The van der Waals surface area contributed by atoms with E-state index >= 15 is 0 Å². The lowest BCUT2D eigenvalue weighted by Crippen LogP contribution is -2.43. The third kappa shape index (κ3) is 4.24. The molecule has 31 heavy (non-hydrogen) atoms. The maximum atomic E-state index is 12.9. The maximum Gasteiger partial charge on any atom is 0.343 e. The van der Waals surface area contributed by atoms with Crippen molar-refractivity contribution in [3.63, 3.8) is 0 Å².